The van der Waals surface area contributed by atoms with Gasteiger partial charge in [-0.05, 0) is 61.9 Å². The molecule has 2 N–H and O–H groups in total. The monoisotopic (exact) mass is 402 g/mol. The maximum atomic E-state index is 12.2. The number of ether oxygens (including phenoxy) is 2. The Morgan fingerprint density at radius 3 is 2.90 bits per heavy atom. The van der Waals surface area contributed by atoms with Gasteiger partial charge in [-0.2, -0.15) is 0 Å². The van der Waals surface area contributed by atoms with E-state index >= 15 is 0 Å². The lowest BCUT2D eigenvalue weighted by Gasteiger charge is -2.56. The molecule has 6 nitrogen and oxygen atoms in total. The first-order chi connectivity index (χ1) is 13.7. The van der Waals surface area contributed by atoms with Crippen molar-refractivity contribution in [3.8, 4) is 0 Å². The number of epoxide rings is 1. The SMILES string of the molecule is C[C@]12CCC(=O)C=C1[C@H]1C[C@H]1[C@H]1[C@@H]3CC[C@@](O)(CCOC(=O)O)[C@@]3(C)C[C@H]3O[C@@]132. The fraction of sp³-hybridized carbons (Fsp3) is 0.826. The van der Waals surface area contributed by atoms with E-state index in [1.807, 2.05) is 6.08 Å². The van der Waals surface area contributed by atoms with Crippen LogP contribution in [0.15, 0.2) is 11.6 Å². The largest absolute Gasteiger partial charge is 0.505 e. The molecule has 6 heteroatoms. The van der Waals surface area contributed by atoms with Crippen LogP contribution in [-0.4, -0.2) is 46.1 Å². The average molecular weight is 402 g/mol. The fourth-order valence-corrected chi connectivity index (χ4v) is 8.65. The molecule has 0 unspecified atom stereocenters. The zero-order valence-corrected chi connectivity index (χ0v) is 17.1. The van der Waals surface area contributed by atoms with E-state index in [4.69, 9.17) is 14.6 Å². The van der Waals surface area contributed by atoms with Gasteiger partial charge in [0.25, 0.3) is 0 Å². The van der Waals surface area contributed by atoms with E-state index in [1.165, 1.54) is 5.57 Å². The third-order valence-corrected chi connectivity index (χ3v) is 10.2. The number of hydrogen-bond acceptors (Lipinski definition) is 5. The second-order valence-electron chi connectivity index (χ2n) is 11.0. The predicted molar refractivity (Wildman–Crippen MR) is 102 cm³/mol. The second-order valence-corrected chi connectivity index (χ2v) is 11.0. The number of carbonyl (C=O) groups is 2. The van der Waals surface area contributed by atoms with Crippen LogP contribution in [0.25, 0.3) is 0 Å². The normalized spacial score (nSPS) is 56.2. The summed E-state index contributed by atoms with van der Waals surface area (Å²) in [5, 5.41) is 20.4. The highest BCUT2D eigenvalue weighted by Crippen LogP contribution is 2.82. The van der Waals surface area contributed by atoms with Crippen LogP contribution in [0.5, 0.6) is 0 Å². The minimum Gasteiger partial charge on any atom is -0.450 e. The average Bonchev–Trinajstić information content (AvgIpc) is 3.54. The summed E-state index contributed by atoms with van der Waals surface area (Å²) in [4.78, 5) is 22.9. The summed E-state index contributed by atoms with van der Waals surface area (Å²) in [5.74, 6) is 2.15. The summed E-state index contributed by atoms with van der Waals surface area (Å²) in [7, 11) is 0. The molecule has 0 bridgehead atoms. The van der Waals surface area contributed by atoms with Gasteiger partial charge in [-0.25, -0.2) is 4.79 Å². The van der Waals surface area contributed by atoms with Gasteiger partial charge in [-0.1, -0.05) is 19.4 Å². The van der Waals surface area contributed by atoms with Gasteiger partial charge < -0.3 is 19.7 Å². The first-order valence-corrected chi connectivity index (χ1v) is 11.2. The molecule has 0 aromatic heterocycles. The summed E-state index contributed by atoms with van der Waals surface area (Å²) in [6, 6.07) is 0. The minimum atomic E-state index is -1.28. The molecule has 1 aliphatic heterocycles. The minimum absolute atomic E-state index is 0.0360. The Kier molecular flexibility index (Phi) is 3.33. The smallest absolute Gasteiger partial charge is 0.450 e. The van der Waals surface area contributed by atoms with E-state index < -0.39 is 11.8 Å². The lowest BCUT2D eigenvalue weighted by molar-refractivity contribution is -0.125. The first kappa shape index (κ1) is 18.4. The van der Waals surface area contributed by atoms with Gasteiger partial charge in [0.05, 0.1) is 18.3 Å². The van der Waals surface area contributed by atoms with Crippen LogP contribution in [0, 0.1) is 34.5 Å². The van der Waals surface area contributed by atoms with Crippen LogP contribution < -0.4 is 0 Å². The van der Waals surface area contributed by atoms with Crippen molar-refractivity contribution in [2.75, 3.05) is 6.61 Å². The Bertz CT molecular complexity index is 850. The van der Waals surface area contributed by atoms with Crippen molar-refractivity contribution in [3.05, 3.63) is 11.6 Å². The molecule has 0 aromatic carbocycles. The van der Waals surface area contributed by atoms with Crippen LogP contribution in [-0.2, 0) is 14.3 Å². The number of hydrogen-bond donors (Lipinski definition) is 2. The highest BCUT2D eigenvalue weighted by Gasteiger charge is 2.84. The molecular formula is C23H30O6. The van der Waals surface area contributed by atoms with E-state index in [9.17, 15) is 14.7 Å². The number of carbonyl (C=O) groups excluding carboxylic acids is 1. The third-order valence-electron chi connectivity index (χ3n) is 10.2. The van der Waals surface area contributed by atoms with E-state index in [-0.39, 0.29) is 34.9 Å². The highest BCUT2D eigenvalue weighted by atomic mass is 16.7. The van der Waals surface area contributed by atoms with Crippen molar-refractivity contribution in [2.45, 2.75) is 76.1 Å². The van der Waals surface area contributed by atoms with Crippen molar-refractivity contribution in [1.82, 2.24) is 0 Å². The summed E-state index contributed by atoms with van der Waals surface area (Å²) in [6.07, 6.45) is 6.25. The van der Waals surface area contributed by atoms with Gasteiger partial charge in [-0.3, -0.25) is 4.79 Å². The van der Waals surface area contributed by atoms with Crippen LogP contribution in [0.2, 0.25) is 0 Å². The van der Waals surface area contributed by atoms with Gasteiger partial charge in [0.1, 0.15) is 5.60 Å². The molecular weight excluding hydrogens is 372 g/mol. The molecule has 9 atom stereocenters. The Balaban J connectivity index is 1.36. The Morgan fingerprint density at radius 2 is 2.14 bits per heavy atom. The topological polar surface area (TPSA) is 96.4 Å². The number of rotatable bonds is 3. The van der Waals surface area contributed by atoms with Gasteiger partial charge in [0.15, 0.2) is 5.78 Å². The zero-order chi connectivity index (χ0) is 20.4. The Labute approximate surface area is 170 Å². The zero-order valence-electron chi connectivity index (χ0n) is 17.1. The van der Waals surface area contributed by atoms with Crippen molar-refractivity contribution < 1.29 is 29.3 Å². The van der Waals surface area contributed by atoms with Gasteiger partial charge in [-0.15, -0.1) is 0 Å². The Morgan fingerprint density at radius 1 is 1.34 bits per heavy atom. The van der Waals surface area contributed by atoms with Crippen molar-refractivity contribution in [1.29, 1.82) is 0 Å². The molecule has 0 amide bonds. The number of aliphatic hydroxyl groups is 1. The summed E-state index contributed by atoms with van der Waals surface area (Å²) < 4.78 is 11.4. The fourth-order valence-electron chi connectivity index (χ4n) is 8.65. The second kappa shape index (κ2) is 5.25. The molecule has 0 radical (unpaired) electrons. The van der Waals surface area contributed by atoms with Crippen LogP contribution in [0.4, 0.5) is 4.79 Å². The number of carboxylic acid groups (broad SMARTS) is 1. The predicted octanol–water partition coefficient (Wildman–Crippen LogP) is 3.32. The van der Waals surface area contributed by atoms with Crippen LogP contribution in [0.3, 0.4) is 0 Å². The first-order valence-electron chi connectivity index (χ1n) is 11.2. The van der Waals surface area contributed by atoms with Crippen LogP contribution >= 0.6 is 0 Å². The summed E-state index contributed by atoms with van der Waals surface area (Å²) in [5.41, 5.74) is -0.0505. The number of ketones is 1. The maximum absolute atomic E-state index is 12.2. The maximum Gasteiger partial charge on any atom is 0.505 e. The molecule has 158 valence electrons. The van der Waals surface area contributed by atoms with E-state index in [1.54, 1.807) is 0 Å². The highest BCUT2D eigenvalue weighted by molar-refractivity contribution is 5.92. The number of fused-ring (bicyclic) bond motifs is 6. The van der Waals surface area contributed by atoms with Crippen molar-refractivity contribution in [2.24, 2.45) is 34.5 Å². The van der Waals surface area contributed by atoms with Crippen molar-refractivity contribution >= 4 is 11.9 Å². The van der Waals surface area contributed by atoms with E-state index in [2.05, 4.69) is 13.8 Å². The molecule has 6 aliphatic rings. The molecule has 6 rings (SSSR count). The molecule has 1 saturated heterocycles. The summed E-state index contributed by atoms with van der Waals surface area (Å²) in [6.45, 7) is 4.57. The van der Waals surface area contributed by atoms with Crippen LogP contribution in [0.1, 0.15) is 58.8 Å². The summed E-state index contributed by atoms with van der Waals surface area (Å²) >= 11 is 0. The lowest BCUT2D eigenvalue weighted by atomic mass is 9.46. The van der Waals surface area contributed by atoms with E-state index in [0.29, 0.717) is 42.9 Å². The van der Waals surface area contributed by atoms with Crippen molar-refractivity contribution in [3.63, 3.8) is 0 Å². The molecule has 1 heterocycles. The molecule has 5 aliphatic carbocycles. The van der Waals surface area contributed by atoms with Gasteiger partial charge >= 0.3 is 6.16 Å². The molecule has 4 saturated carbocycles. The van der Waals surface area contributed by atoms with Gasteiger partial charge in [0.2, 0.25) is 0 Å². The molecule has 1 spiro atoms. The molecule has 5 fully saturated rings. The van der Waals surface area contributed by atoms with E-state index in [0.717, 1.165) is 25.7 Å². The van der Waals surface area contributed by atoms with Gasteiger partial charge in [0, 0.05) is 23.7 Å². The molecule has 29 heavy (non-hydrogen) atoms. The quantitative estimate of drug-likeness (QED) is 0.555. The third kappa shape index (κ3) is 2.01. The lowest BCUT2D eigenvalue weighted by Crippen LogP contribution is -2.60. The standard InChI is InChI=1S/C23H30O6/c1-20-5-3-12(24)9-16(20)13-10-14(13)18-15-4-6-22(27,7-8-28-19(25)26)21(15,2)11-17-23(18,20)29-17/h9,13-15,17-18,27H,3-8,10-11H2,1-2H3,(H,25,26)/t13-,14+,15-,17+,18-,20-,21-,22+,23+/m0/s1. The Hall–Kier alpha value is -1.40. The molecule has 0 aromatic rings.